The number of hydrogen-bond acceptors (Lipinski definition) is 5. The van der Waals surface area contributed by atoms with Gasteiger partial charge < -0.3 is 10.6 Å². The molecule has 0 radical (unpaired) electrons. The lowest BCUT2D eigenvalue weighted by Crippen LogP contribution is -2.18. The Morgan fingerprint density at radius 3 is 2.47 bits per heavy atom. The van der Waals surface area contributed by atoms with Gasteiger partial charge in [0.2, 0.25) is 0 Å². The first-order valence-corrected chi connectivity index (χ1v) is 6.59. The smallest absolute Gasteiger partial charge is 0.276 e. The van der Waals surface area contributed by atoms with E-state index in [1.807, 2.05) is 13.8 Å². The van der Waals surface area contributed by atoms with Crippen LogP contribution in [0.2, 0.25) is 0 Å². The molecule has 0 aliphatic rings. The Kier molecular flexibility index (Phi) is 5.54. The molecular formula is C13H22N4O2. The molecule has 106 valence electrons. The summed E-state index contributed by atoms with van der Waals surface area (Å²) >= 11 is 0. The molecule has 1 unspecified atom stereocenters. The average Bonchev–Trinajstić information content (AvgIpc) is 2.27. The van der Waals surface area contributed by atoms with E-state index in [0.717, 1.165) is 6.42 Å². The van der Waals surface area contributed by atoms with E-state index in [2.05, 4.69) is 29.5 Å². The zero-order valence-corrected chi connectivity index (χ0v) is 11.9. The average molecular weight is 266 g/mol. The molecule has 1 aromatic rings. The maximum atomic E-state index is 10.9. The molecule has 19 heavy (non-hydrogen) atoms. The molecule has 0 spiro atoms. The van der Waals surface area contributed by atoms with Gasteiger partial charge in [0.05, 0.1) is 17.1 Å². The highest BCUT2D eigenvalue weighted by Crippen LogP contribution is 2.21. The third-order valence-electron chi connectivity index (χ3n) is 2.60. The van der Waals surface area contributed by atoms with Gasteiger partial charge in [-0.2, -0.15) is 0 Å². The maximum Gasteiger partial charge on any atom is 0.276 e. The third-order valence-corrected chi connectivity index (χ3v) is 2.60. The predicted octanol–water partition coefficient (Wildman–Crippen LogP) is 3.27. The summed E-state index contributed by atoms with van der Waals surface area (Å²) in [5.74, 6) is 1.63. The lowest BCUT2D eigenvalue weighted by Gasteiger charge is -2.17. The standard InChI is InChI=1S/C13H22N4O2/c1-5-14-12-7-11(17(18)19)8-13(16-12)15-10(4)6-9(2)3/h7-10H,5-6H2,1-4H3,(H2,14,15,16). The first kappa shape index (κ1) is 15.2. The quantitative estimate of drug-likeness (QED) is 0.585. The van der Waals surface area contributed by atoms with Crippen molar-refractivity contribution in [1.29, 1.82) is 0 Å². The van der Waals surface area contributed by atoms with Gasteiger partial charge in [0, 0.05) is 12.6 Å². The predicted molar refractivity (Wildman–Crippen MR) is 77.6 cm³/mol. The summed E-state index contributed by atoms with van der Waals surface area (Å²) in [5, 5.41) is 17.1. The topological polar surface area (TPSA) is 80.1 Å². The van der Waals surface area contributed by atoms with E-state index in [-0.39, 0.29) is 11.7 Å². The van der Waals surface area contributed by atoms with Crippen LogP contribution in [0.4, 0.5) is 17.3 Å². The lowest BCUT2D eigenvalue weighted by molar-refractivity contribution is -0.384. The first-order chi connectivity index (χ1) is 8.92. The Bertz CT molecular complexity index is 435. The van der Waals surface area contributed by atoms with Crippen LogP contribution < -0.4 is 10.6 Å². The van der Waals surface area contributed by atoms with E-state index in [1.165, 1.54) is 12.1 Å². The summed E-state index contributed by atoms with van der Waals surface area (Å²) < 4.78 is 0. The summed E-state index contributed by atoms with van der Waals surface area (Å²) in [7, 11) is 0. The van der Waals surface area contributed by atoms with Crippen molar-refractivity contribution >= 4 is 17.3 Å². The molecule has 2 N–H and O–H groups in total. The van der Waals surface area contributed by atoms with Gasteiger partial charge in [0.15, 0.2) is 0 Å². The molecule has 0 amide bonds. The van der Waals surface area contributed by atoms with Crippen LogP contribution in [0.3, 0.4) is 0 Å². The maximum absolute atomic E-state index is 10.9. The second kappa shape index (κ2) is 6.92. The zero-order valence-electron chi connectivity index (χ0n) is 11.9. The molecule has 0 aromatic carbocycles. The van der Waals surface area contributed by atoms with Gasteiger partial charge in [-0.25, -0.2) is 4.98 Å². The Morgan fingerprint density at radius 1 is 1.32 bits per heavy atom. The fourth-order valence-corrected chi connectivity index (χ4v) is 1.99. The number of nitrogens with zero attached hydrogens (tertiary/aromatic N) is 2. The second-order valence-corrected chi connectivity index (χ2v) is 5.06. The van der Waals surface area contributed by atoms with Gasteiger partial charge in [-0.3, -0.25) is 10.1 Å². The molecule has 0 bridgehead atoms. The van der Waals surface area contributed by atoms with Crippen LogP contribution in [0, 0.1) is 16.0 Å². The van der Waals surface area contributed by atoms with E-state index < -0.39 is 4.92 Å². The lowest BCUT2D eigenvalue weighted by atomic mass is 10.1. The fourth-order valence-electron chi connectivity index (χ4n) is 1.99. The number of nitrogens with one attached hydrogen (secondary N) is 2. The van der Waals surface area contributed by atoms with Crippen molar-refractivity contribution in [3.8, 4) is 0 Å². The van der Waals surface area contributed by atoms with Crippen molar-refractivity contribution in [2.45, 2.75) is 40.2 Å². The normalized spacial score (nSPS) is 12.3. The largest absolute Gasteiger partial charge is 0.370 e. The highest BCUT2D eigenvalue weighted by atomic mass is 16.6. The molecule has 6 heteroatoms. The van der Waals surface area contributed by atoms with Gasteiger partial charge in [0.25, 0.3) is 5.69 Å². The molecule has 1 heterocycles. The van der Waals surface area contributed by atoms with Gasteiger partial charge in [-0.05, 0) is 26.2 Å². The van der Waals surface area contributed by atoms with Gasteiger partial charge >= 0.3 is 0 Å². The number of anilines is 2. The van der Waals surface area contributed by atoms with Crippen molar-refractivity contribution in [1.82, 2.24) is 4.98 Å². The van der Waals surface area contributed by atoms with Crippen molar-refractivity contribution in [3.63, 3.8) is 0 Å². The highest BCUT2D eigenvalue weighted by Gasteiger charge is 2.13. The number of rotatable bonds is 7. The number of hydrogen-bond donors (Lipinski definition) is 2. The monoisotopic (exact) mass is 266 g/mol. The van der Waals surface area contributed by atoms with Crippen molar-refractivity contribution in [2.75, 3.05) is 17.2 Å². The Morgan fingerprint density at radius 2 is 1.95 bits per heavy atom. The summed E-state index contributed by atoms with van der Waals surface area (Å²) in [5.41, 5.74) is 0.0465. The molecule has 0 aliphatic carbocycles. The van der Waals surface area contributed by atoms with Gasteiger partial charge in [-0.1, -0.05) is 13.8 Å². The molecule has 1 aromatic heterocycles. The number of aromatic nitrogens is 1. The minimum absolute atomic E-state index is 0.0465. The molecule has 0 aliphatic heterocycles. The molecular weight excluding hydrogens is 244 g/mol. The van der Waals surface area contributed by atoms with Gasteiger partial charge in [-0.15, -0.1) is 0 Å². The van der Waals surface area contributed by atoms with Crippen molar-refractivity contribution < 1.29 is 4.92 Å². The molecule has 6 nitrogen and oxygen atoms in total. The number of nitro groups is 1. The van der Waals surface area contributed by atoms with Crippen LogP contribution in [0.1, 0.15) is 34.1 Å². The van der Waals surface area contributed by atoms with Crippen LogP contribution in [0.5, 0.6) is 0 Å². The van der Waals surface area contributed by atoms with Crippen LogP contribution in [-0.4, -0.2) is 22.5 Å². The van der Waals surface area contributed by atoms with Crippen molar-refractivity contribution in [3.05, 3.63) is 22.2 Å². The van der Waals surface area contributed by atoms with Crippen LogP contribution in [-0.2, 0) is 0 Å². The van der Waals surface area contributed by atoms with Gasteiger partial charge in [0.1, 0.15) is 11.6 Å². The van der Waals surface area contributed by atoms with E-state index in [4.69, 9.17) is 0 Å². The van der Waals surface area contributed by atoms with E-state index in [1.54, 1.807) is 0 Å². The van der Waals surface area contributed by atoms with Crippen LogP contribution >= 0.6 is 0 Å². The van der Waals surface area contributed by atoms with Crippen LogP contribution in [0.25, 0.3) is 0 Å². The summed E-state index contributed by atoms with van der Waals surface area (Å²) in [6, 6.07) is 3.14. The summed E-state index contributed by atoms with van der Waals surface area (Å²) in [6.45, 7) is 8.93. The van der Waals surface area contributed by atoms with E-state index in [9.17, 15) is 10.1 Å². The Hall–Kier alpha value is -1.85. The summed E-state index contributed by atoms with van der Waals surface area (Å²) in [6.07, 6.45) is 0.987. The summed E-state index contributed by atoms with van der Waals surface area (Å²) in [4.78, 5) is 14.8. The second-order valence-electron chi connectivity index (χ2n) is 5.06. The minimum atomic E-state index is -0.402. The third kappa shape index (κ3) is 5.11. The molecule has 0 saturated carbocycles. The highest BCUT2D eigenvalue weighted by molar-refractivity contribution is 5.54. The minimum Gasteiger partial charge on any atom is -0.370 e. The van der Waals surface area contributed by atoms with E-state index >= 15 is 0 Å². The Labute approximate surface area is 113 Å². The Balaban J connectivity index is 2.89. The zero-order chi connectivity index (χ0) is 14.4. The molecule has 0 saturated heterocycles. The fraction of sp³-hybridized carbons (Fsp3) is 0.615. The first-order valence-electron chi connectivity index (χ1n) is 6.59. The van der Waals surface area contributed by atoms with Crippen LogP contribution in [0.15, 0.2) is 12.1 Å². The van der Waals surface area contributed by atoms with E-state index in [0.29, 0.717) is 24.1 Å². The number of pyridine rings is 1. The molecule has 1 rings (SSSR count). The molecule has 1 atom stereocenters. The molecule has 0 fully saturated rings. The van der Waals surface area contributed by atoms with Crippen molar-refractivity contribution in [2.24, 2.45) is 5.92 Å². The SMILES string of the molecule is CCNc1cc([N+](=O)[O-])cc(NC(C)CC(C)C)n1.